The number of benzene rings is 1. The SMILES string of the molecule is CCCCCCCCCCCCCCCCOc1ccc(OCCCCCCCCCCCCCCCC)cc1. The molecule has 0 aromatic heterocycles. The Balaban J connectivity index is 1.82. The molecule has 1 rings (SSSR count). The molecule has 234 valence electrons. The van der Waals surface area contributed by atoms with Gasteiger partial charge in [0.25, 0.3) is 0 Å². The van der Waals surface area contributed by atoms with E-state index in [4.69, 9.17) is 9.47 Å². The zero-order valence-electron chi connectivity index (χ0n) is 27.3. The van der Waals surface area contributed by atoms with Gasteiger partial charge in [-0.25, -0.2) is 0 Å². The lowest BCUT2D eigenvalue weighted by atomic mass is 10.0. The Morgan fingerprint density at radius 3 is 0.725 bits per heavy atom. The van der Waals surface area contributed by atoms with Crippen LogP contribution in [0.25, 0.3) is 0 Å². The first-order valence-corrected chi connectivity index (χ1v) is 18.2. The van der Waals surface area contributed by atoms with Crippen LogP contribution in [0.3, 0.4) is 0 Å². The van der Waals surface area contributed by atoms with E-state index in [1.54, 1.807) is 0 Å². The van der Waals surface area contributed by atoms with Gasteiger partial charge < -0.3 is 9.47 Å². The van der Waals surface area contributed by atoms with Gasteiger partial charge in [0.1, 0.15) is 11.5 Å². The van der Waals surface area contributed by atoms with Crippen molar-refractivity contribution in [1.82, 2.24) is 0 Å². The summed E-state index contributed by atoms with van der Waals surface area (Å²) in [6.07, 6.45) is 39.0. The highest BCUT2D eigenvalue weighted by Crippen LogP contribution is 2.19. The summed E-state index contributed by atoms with van der Waals surface area (Å²) in [5, 5.41) is 0. The Hall–Kier alpha value is -1.18. The van der Waals surface area contributed by atoms with Crippen LogP contribution in [0.15, 0.2) is 24.3 Å². The van der Waals surface area contributed by atoms with Crippen LogP contribution in [-0.4, -0.2) is 13.2 Å². The zero-order valence-corrected chi connectivity index (χ0v) is 27.3. The van der Waals surface area contributed by atoms with Crippen molar-refractivity contribution in [2.75, 3.05) is 13.2 Å². The van der Waals surface area contributed by atoms with Crippen LogP contribution in [0.2, 0.25) is 0 Å². The maximum atomic E-state index is 5.94. The molecule has 40 heavy (non-hydrogen) atoms. The van der Waals surface area contributed by atoms with Gasteiger partial charge in [-0.3, -0.25) is 0 Å². The second kappa shape index (κ2) is 30.8. The van der Waals surface area contributed by atoms with Gasteiger partial charge in [-0.05, 0) is 37.1 Å². The fraction of sp³-hybridized carbons (Fsp3) is 0.842. The van der Waals surface area contributed by atoms with Crippen LogP contribution >= 0.6 is 0 Å². The van der Waals surface area contributed by atoms with Crippen LogP contribution in [0, 0.1) is 0 Å². The topological polar surface area (TPSA) is 18.5 Å². The summed E-state index contributed by atoms with van der Waals surface area (Å²) in [5.41, 5.74) is 0. The first-order chi connectivity index (χ1) is 19.9. The molecule has 0 aliphatic rings. The molecule has 0 radical (unpaired) electrons. The molecule has 0 amide bonds. The second-order valence-electron chi connectivity index (χ2n) is 12.4. The van der Waals surface area contributed by atoms with E-state index in [0.29, 0.717) is 0 Å². The number of rotatable bonds is 32. The second-order valence-corrected chi connectivity index (χ2v) is 12.4. The monoisotopic (exact) mass is 559 g/mol. The van der Waals surface area contributed by atoms with Gasteiger partial charge in [0.2, 0.25) is 0 Å². The third-order valence-corrected chi connectivity index (χ3v) is 8.36. The molecule has 0 bridgehead atoms. The highest BCUT2D eigenvalue weighted by atomic mass is 16.5. The average molecular weight is 559 g/mol. The summed E-state index contributed by atoms with van der Waals surface area (Å²) in [7, 11) is 0. The molecule has 0 fully saturated rings. The van der Waals surface area contributed by atoms with E-state index < -0.39 is 0 Å². The molecule has 1 aromatic rings. The molecule has 0 spiro atoms. The molecule has 0 atom stereocenters. The van der Waals surface area contributed by atoms with E-state index in [0.717, 1.165) is 37.6 Å². The standard InChI is InChI=1S/C38H70O2/c1-3-5-7-9-11-13-15-17-19-21-23-25-27-29-35-39-37-31-33-38(34-32-37)40-36-30-28-26-24-22-20-18-16-14-12-10-8-6-4-2/h31-34H,3-30,35-36H2,1-2H3. The van der Waals surface area contributed by atoms with Gasteiger partial charge in [0.05, 0.1) is 13.2 Å². The lowest BCUT2D eigenvalue weighted by molar-refractivity contribution is 0.296. The number of unbranched alkanes of at least 4 members (excludes halogenated alkanes) is 26. The van der Waals surface area contributed by atoms with Gasteiger partial charge in [0.15, 0.2) is 0 Å². The highest BCUT2D eigenvalue weighted by Gasteiger charge is 1.99. The summed E-state index contributed by atoms with van der Waals surface area (Å²) in [6, 6.07) is 8.24. The normalized spacial score (nSPS) is 11.2. The van der Waals surface area contributed by atoms with Crippen molar-refractivity contribution >= 4 is 0 Å². The minimum absolute atomic E-state index is 0.831. The summed E-state index contributed by atoms with van der Waals surface area (Å²) in [5.74, 6) is 1.94. The van der Waals surface area contributed by atoms with Crippen LogP contribution in [0.1, 0.15) is 194 Å². The first kappa shape index (κ1) is 36.8. The molecular weight excluding hydrogens is 488 g/mol. The van der Waals surface area contributed by atoms with E-state index in [1.807, 2.05) is 0 Å². The summed E-state index contributed by atoms with van der Waals surface area (Å²) < 4.78 is 11.9. The smallest absolute Gasteiger partial charge is 0.119 e. The average Bonchev–Trinajstić information content (AvgIpc) is 2.98. The largest absolute Gasteiger partial charge is 0.494 e. The minimum atomic E-state index is 0.831. The zero-order chi connectivity index (χ0) is 28.6. The number of ether oxygens (including phenoxy) is 2. The van der Waals surface area contributed by atoms with Gasteiger partial charge in [-0.1, -0.05) is 181 Å². The fourth-order valence-electron chi connectivity index (χ4n) is 5.61. The van der Waals surface area contributed by atoms with Crippen LogP contribution in [0.4, 0.5) is 0 Å². The van der Waals surface area contributed by atoms with E-state index in [2.05, 4.69) is 38.1 Å². The van der Waals surface area contributed by atoms with Crippen molar-refractivity contribution < 1.29 is 9.47 Å². The lowest BCUT2D eigenvalue weighted by Crippen LogP contribution is -1.99. The molecule has 0 saturated carbocycles. The summed E-state index contributed by atoms with van der Waals surface area (Å²) in [4.78, 5) is 0. The predicted molar refractivity (Wildman–Crippen MR) is 178 cm³/mol. The van der Waals surface area contributed by atoms with Crippen LogP contribution < -0.4 is 9.47 Å². The quantitative estimate of drug-likeness (QED) is 0.0819. The summed E-state index contributed by atoms with van der Waals surface area (Å²) >= 11 is 0. The van der Waals surface area contributed by atoms with Crippen molar-refractivity contribution in [1.29, 1.82) is 0 Å². The summed E-state index contributed by atoms with van der Waals surface area (Å²) in [6.45, 7) is 6.25. The van der Waals surface area contributed by atoms with Gasteiger partial charge >= 0.3 is 0 Å². The molecule has 0 saturated heterocycles. The maximum Gasteiger partial charge on any atom is 0.119 e. The molecule has 2 heteroatoms. The van der Waals surface area contributed by atoms with Crippen molar-refractivity contribution in [3.63, 3.8) is 0 Å². The Bertz CT molecular complexity index is 543. The molecule has 0 N–H and O–H groups in total. The number of hydrogen-bond donors (Lipinski definition) is 0. The van der Waals surface area contributed by atoms with E-state index in [-0.39, 0.29) is 0 Å². The van der Waals surface area contributed by atoms with Crippen molar-refractivity contribution in [2.45, 2.75) is 194 Å². The van der Waals surface area contributed by atoms with Gasteiger partial charge in [-0.2, -0.15) is 0 Å². The molecule has 2 nitrogen and oxygen atoms in total. The third kappa shape index (κ3) is 25.8. The molecule has 1 aromatic carbocycles. The molecule has 0 aliphatic carbocycles. The maximum absolute atomic E-state index is 5.94. The third-order valence-electron chi connectivity index (χ3n) is 8.36. The Morgan fingerprint density at radius 1 is 0.300 bits per heavy atom. The Kier molecular flexibility index (Phi) is 28.3. The van der Waals surface area contributed by atoms with Crippen LogP contribution in [-0.2, 0) is 0 Å². The van der Waals surface area contributed by atoms with Crippen molar-refractivity contribution in [3.05, 3.63) is 24.3 Å². The van der Waals surface area contributed by atoms with Gasteiger partial charge in [0, 0.05) is 0 Å². The molecule has 0 unspecified atom stereocenters. The molecule has 0 heterocycles. The minimum Gasteiger partial charge on any atom is -0.494 e. The lowest BCUT2D eigenvalue weighted by Gasteiger charge is -2.09. The Morgan fingerprint density at radius 2 is 0.500 bits per heavy atom. The van der Waals surface area contributed by atoms with Gasteiger partial charge in [-0.15, -0.1) is 0 Å². The van der Waals surface area contributed by atoms with E-state index in [9.17, 15) is 0 Å². The molecular formula is C38H70O2. The van der Waals surface area contributed by atoms with E-state index in [1.165, 1.54) is 167 Å². The Labute approximate surface area is 251 Å². The number of hydrogen-bond acceptors (Lipinski definition) is 2. The van der Waals surface area contributed by atoms with E-state index >= 15 is 0 Å². The predicted octanol–water partition coefficient (Wildman–Crippen LogP) is 13.4. The highest BCUT2D eigenvalue weighted by molar-refractivity contribution is 5.31. The van der Waals surface area contributed by atoms with Crippen molar-refractivity contribution in [3.8, 4) is 11.5 Å². The first-order valence-electron chi connectivity index (χ1n) is 18.2. The fourth-order valence-corrected chi connectivity index (χ4v) is 5.61. The molecule has 0 aliphatic heterocycles. The van der Waals surface area contributed by atoms with Crippen LogP contribution in [0.5, 0.6) is 11.5 Å². The van der Waals surface area contributed by atoms with Crippen molar-refractivity contribution in [2.24, 2.45) is 0 Å².